The molecule has 1 aromatic rings. The van der Waals surface area contributed by atoms with Crippen molar-refractivity contribution in [2.24, 2.45) is 0 Å². The van der Waals surface area contributed by atoms with Gasteiger partial charge in [-0.15, -0.1) is 24.8 Å². The molecule has 0 aliphatic rings. The molecule has 0 spiro atoms. The second kappa shape index (κ2) is 11.5. The third kappa shape index (κ3) is 8.67. The van der Waals surface area contributed by atoms with Gasteiger partial charge >= 0.3 is 0 Å². The van der Waals surface area contributed by atoms with Crippen molar-refractivity contribution in [3.8, 4) is 0 Å². The standard InChI is InChI=1S/C6H6.2ClH.Hf/c1-2-4-6-5-3-1;;;/h1-6H;2*1H;. The number of halogens is 2. The summed E-state index contributed by atoms with van der Waals surface area (Å²) in [5.74, 6) is 0. The molecule has 9 heavy (non-hydrogen) atoms. The number of rotatable bonds is 0. The summed E-state index contributed by atoms with van der Waals surface area (Å²) >= 11 is 0. The van der Waals surface area contributed by atoms with E-state index in [1.54, 1.807) is 0 Å². The van der Waals surface area contributed by atoms with E-state index in [1.807, 2.05) is 36.4 Å². The summed E-state index contributed by atoms with van der Waals surface area (Å²) in [5.41, 5.74) is 0. The SMILES string of the molecule is Cl.Cl.[Hf].c1ccccc1. The van der Waals surface area contributed by atoms with E-state index in [1.165, 1.54) is 0 Å². The van der Waals surface area contributed by atoms with Crippen LogP contribution in [0, 0.1) is 0 Å². The van der Waals surface area contributed by atoms with Gasteiger partial charge in [0.15, 0.2) is 0 Å². The van der Waals surface area contributed by atoms with Gasteiger partial charge in [0.1, 0.15) is 0 Å². The van der Waals surface area contributed by atoms with Crippen LogP contribution in [0.3, 0.4) is 0 Å². The molecule has 0 fully saturated rings. The molecule has 1 rings (SSSR count). The first kappa shape index (κ1) is 16.3. The summed E-state index contributed by atoms with van der Waals surface area (Å²) in [6.45, 7) is 0. The third-order valence-electron chi connectivity index (χ3n) is 0.667. The fourth-order valence-corrected chi connectivity index (χ4v) is 0.385. The average Bonchev–Trinajstić information content (AvgIpc) is 1.72. The largest absolute Gasteiger partial charge is 0.147 e. The molecule has 0 nitrogen and oxygen atoms in total. The quantitative estimate of drug-likeness (QED) is 0.642. The van der Waals surface area contributed by atoms with Crippen LogP contribution in [0.25, 0.3) is 0 Å². The first-order valence-electron chi connectivity index (χ1n) is 2.00. The van der Waals surface area contributed by atoms with Crippen LogP contribution >= 0.6 is 24.8 Å². The zero-order valence-electron chi connectivity index (χ0n) is 4.78. The van der Waals surface area contributed by atoms with Crippen molar-refractivity contribution in [1.82, 2.24) is 0 Å². The molecule has 0 aliphatic heterocycles. The molecule has 0 N–H and O–H groups in total. The molecule has 0 radical (unpaired) electrons. The van der Waals surface area contributed by atoms with Gasteiger partial charge in [0.05, 0.1) is 0 Å². The van der Waals surface area contributed by atoms with Gasteiger partial charge in [-0.2, -0.15) is 0 Å². The Bertz CT molecular complexity index is 83.0. The fraction of sp³-hybridized carbons (Fsp3) is 0. The molecule has 0 aromatic heterocycles. The van der Waals surface area contributed by atoms with Crippen molar-refractivity contribution in [2.45, 2.75) is 0 Å². The molecule has 0 unspecified atom stereocenters. The van der Waals surface area contributed by atoms with E-state index in [4.69, 9.17) is 0 Å². The van der Waals surface area contributed by atoms with Crippen molar-refractivity contribution in [1.29, 1.82) is 0 Å². The summed E-state index contributed by atoms with van der Waals surface area (Å²) in [4.78, 5) is 0. The molecule has 50 valence electrons. The van der Waals surface area contributed by atoms with Gasteiger partial charge in [-0.1, -0.05) is 36.4 Å². The molecule has 0 aliphatic carbocycles. The van der Waals surface area contributed by atoms with Gasteiger partial charge in [0.25, 0.3) is 0 Å². The summed E-state index contributed by atoms with van der Waals surface area (Å²) in [6.07, 6.45) is 0. The normalized spacial score (nSPS) is 5.33. The molecule has 0 heterocycles. The molecule has 0 saturated heterocycles. The molecule has 0 amide bonds. The molecule has 3 heteroatoms. The monoisotopic (exact) mass is 330 g/mol. The summed E-state index contributed by atoms with van der Waals surface area (Å²) < 4.78 is 0. The van der Waals surface area contributed by atoms with E-state index in [0.29, 0.717) is 0 Å². The Labute approximate surface area is 86.6 Å². The maximum Gasteiger partial charge on any atom is 0 e. The molecule has 0 saturated carbocycles. The van der Waals surface area contributed by atoms with E-state index < -0.39 is 0 Å². The van der Waals surface area contributed by atoms with Crippen LogP contribution in [0.4, 0.5) is 0 Å². The van der Waals surface area contributed by atoms with E-state index in [9.17, 15) is 0 Å². The van der Waals surface area contributed by atoms with Crippen LogP contribution < -0.4 is 0 Å². The number of hydrogen-bond donors (Lipinski definition) is 0. The van der Waals surface area contributed by atoms with Crippen molar-refractivity contribution < 1.29 is 25.8 Å². The van der Waals surface area contributed by atoms with Crippen LogP contribution in [0.1, 0.15) is 0 Å². The minimum absolute atomic E-state index is 0. The second-order valence-electron chi connectivity index (χ2n) is 1.15. The van der Waals surface area contributed by atoms with Crippen molar-refractivity contribution in [2.75, 3.05) is 0 Å². The van der Waals surface area contributed by atoms with E-state index >= 15 is 0 Å². The Morgan fingerprint density at radius 3 is 0.667 bits per heavy atom. The first-order valence-corrected chi connectivity index (χ1v) is 2.00. The molecular formula is C6H8Cl2Hf. The van der Waals surface area contributed by atoms with Gasteiger partial charge in [0.2, 0.25) is 0 Å². The zero-order valence-corrected chi connectivity index (χ0v) is 10.0. The number of hydrogen-bond acceptors (Lipinski definition) is 0. The van der Waals surface area contributed by atoms with Crippen LogP contribution in [0.15, 0.2) is 36.4 Å². The van der Waals surface area contributed by atoms with E-state index in [-0.39, 0.29) is 50.7 Å². The molecular weight excluding hydrogens is 321 g/mol. The topological polar surface area (TPSA) is 0 Å². The minimum Gasteiger partial charge on any atom is -0.147 e. The van der Waals surface area contributed by atoms with Crippen LogP contribution in [0.5, 0.6) is 0 Å². The van der Waals surface area contributed by atoms with Crippen molar-refractivity contribution >= 4 is 24.8 Å². The predicted molar refractivity (Wildman–Crippen MR) is 40.9 cm³/mol. The molecule has 1 aromatic carbocycles. The van der Waals surface area contributed by atoms with Gasteiger partial charge in [-0.3, -0.25) is 0 Å². The second-order valence-corrected chi connectivity index (χ2v) is 1.15. The summed E-state index contributed by atoms with van der Waals surface area (Å²) in [6, 6.07) is 12.0. The summed E-state index contributed by atoms with van der Waals surface area (Å²) in [5, 5.41) is 0. The van der Waals surface area contributed by atoms with Gasteiger partial charge in [-0.25, -0.2) is 0 Å². The smallest absolute Gasteiger partial charge is 0 e. The van der Waals surface area contributed by atoms with Crippen LogP contribution in [0.2, 0.25) is 0 Å². The van der Waals surface area contributed by atoms with Gasteiger partial charge < -0.3 is 0 Å². The van der Waals surface area contributed by atoms with Gasteiger partial charge in [0, 0.05) is 25.8 Å². The molecule has 0 atom stereocenters. The Morgan fingerprint density at radius 1 is 0.444 bits per heavy atom. The van der Waals surface area contributed by atoms with E-state index in [0.717, 1.165) is 0 Å². The maximum absolute atomic E-state index is 2.00. The van der Waals surface area contributed by atoms with Gasteiger partial charge in [-0.05, 0) is 0 Å². The molecule has 0 bridgehead atoms. The number of benzene rings is 1. The Balaban J connectivity index is -0.000000120. The third-order valence-corrected chi connectivity index (χ3v) is 0.667. The van der Waals surface area contributed by atoms with E-state index in [2.05, 4.69) is 0 Å². The first-order chi connectivity index (χ1) is 3.00. The Morgan fingerprint density at radius 2 is 0.556 bits per heavy atom. The Hall–Kier alpha value is 0.670. The van der Waals surface area contributed by atoms with Crippen molar-refractivity contribution in [3.63, 3.8) is 0 Å². The van der Waals surface area contributed by atoms with Crippen molar-refractivity contribution in [3.05, 3.63) is 36.4 Å². The van der Waals surface area contributed by atoms with Crippen LogP contribution in [-0.4, -0.2) is 0 Å². The average molecular weight is 330 g/mol. The summed E-state index contributed by atoms with van der Waals surface area (Å²) in [7, 11) is 0. The minimum atomic E-state index is 0. The Kier molecular flexibility index (Phi) is 20.8. The fourth-order valence-electron chi connectivity index (χ4n) is 0.385. The maximum atomic E-state index is 2.00. The predicted octanol–water partition coefficient (Wildman–Crippen LogP) is 2.53. The van der Waals surface area contributed by atoms with Crippen LogP contribution in [-0.2, 0) is 25.8 Å². The zero-order chi connectivity index (χ0) is 4.24.